The molecule has 0 radical (unpaired) electrons. The molecule has 0 aromatic carbocycles. The van der Waals surface area contributed by atoms with Gasteiger partial charge in [0.1, 0.15) is 0 Å². The van der Waals surface area contributed by atoms with Gasteiger partial charge in [0, 0.05) is 14.2 Å². The monoisotopic (exact) mass is 228 g/mol. The number of nitrogens with zero attached hydrogens (tertiary/aromatic N) is 2. The minimum absolute atomic E-state index is 0.265. The van der Waals surface area contributed by atoms with Crippen molar-refractivity contribution in [1.82, 2.24) is 10.3 Å². The van der Waals surface area contributed by atoms with E-state index in [1.807, 2.05) is 11.9 Å². The average Bonchev–Trinajstić information content (AvgIpc) is 2.78. The molecule has 1 aliphatic carbocycles. The molecule has 0 bridgehead atoms. The lowest BCUT2D eigenvalue weighted by Crippen LogP contribution is -2.48. The molecule has 1 saturated carbocycles. The Hall–Kier alpha value is -0.810. The quantitative estimate of drug-likeness (QED) is 0.322. The number of aliphatic imine (C=N–C) groups is 1. The van der Waals surface area contributed by atoms with Crippen molar-refractivity contribution < 1.29 is 4.74 Å². The number of nitrogens with one attached hydrogen (secondary N) is 1. The minimum Gasteiger partial charge on any atom is -0.383 e. The van der Waals surface area contributed by atoms with E-state index in [-0.39, 0.29) is 6.04 Å². The molecule has 0 aromatic heterocycles. The molecule has 5 nitrogen and oxygen atoms in total. The second-order valence-corrected chi connectivity index (χ2v) is 4.45. The van der Waals surface area contributed by atoms with E-state index >= 15 is 0 Å². The molecule has 1 aliphatic rings. The highest BCUT2D eigenvalue weighted by Crippen LogP contribution is 2.21. The van der Waals surface area contributed by atoms with Gasteiger partial charge >= 0.3 is 0 Å². The largest absolute Gasteiger partial charge is 0.383 e. The van der Waals surface area contributed by atoms with E-state index in [0.29, 0.717) is 12.6 Å². The van der Waals surface area contributed by atoms with E-state index in [0.717, 1.165) is 5.96 Å². The van der Waals surface area contributed by atoms with Crippen LogP contribution < -0.4 is 11.3 Å². The van der Waals surface area contributed by atoms with Gasteiger partial charge in [-0.2, -0.15) is 0 Å². The summed E-state index contributed by atoms with van der Waals surface area (Å²) in [5.41, 5.74) is 2.69. The number of guanidine groups is 1. The first-order valence-electron chi connectivity index (χ1n) is 5.95. The Balaban J connectivity index is 2.57. The number of hydrogen-bond acceptors (Lipinski definition) is 3. The molecule has 1 unspecified atom stereocenters. The predicted octanol–water partition coefficient (Wildman–Crippen LogP) is 0.715. The highest BCUT2D eigenvalue weighted by molar-refractivity contribution is 5.79. The summed E-state index contributed by atoms with van der Waals surface area (Å²) in [7, 11) is 3.69. The van der Waals surface area contributed by atoms with Crippen LogP contribution in [0.4, 0.5) is 0 Å². The zero-order chi connectivity index (χ0) is 12.0. The number of methoxy groups -OCH3 is 1. The second-order valence-electron chi connectivity index (χ2n) is 4.45. The number of hydrazine groups is 1. The van der Waals surface area contributed by atoms with Crippen LogP contribution in [0.25, 0.3) is 0 Å². The van der Waals surface area contributed by atoms with E-state index in [1.165, 1.54) is 25.7 Å². The highest BCUT2D eigenvalue weighted by atomic mass is 16.5. The van der Waals surface area contributed by atoms with Crippen molar-refractivity contribution >= 4 is 5.96 Å². The van der Waals surface area contributed by atoms with Gasteiger partial charge in [-0.15, -0.1) is 0 Å². The van der Waals surface area contributed by atoms with Crippen LogP contribution in [0.1, 0.15) is 32.6 Å². The van der Waals surface area contributed by atoms with Crippen molar-refractivity contribution in [3.05, 3.63) is 0 Å². The Morgan fingerprint density at radius 1 is 1.56 bits per heavy atom. The Morgan fingerprint density at radius 3 is 2.69 bits per heavy atom. The smallest absolute Gasteiger partial charge is 0.208 e. The van der Waals surface area contributed by atoms with E-state index in [2.05, 4.69) is 17.3 Å². The van der Waals surface area contributed by atoms with Gasteiger partial charge in [-0.05, 0) is 19.8 Å². The van der Waals surface area contributed by atoms with Gasteiger partial charge < -0.3 is 9.64 Å². The molecule has 0 amide bonds. The van der Waals surface area contributed by atoms with E-state index < -0.39 is 0 Å². The summed E-state index contributed by atoms with van der Waals surface area (Å²) in [6.45, 7) is 2.76. The fourth-order valence-electron chi connectivity index (χ4n) is 2.00. The summed E-state index contributed by atoms with van der Waals surface area (Å²) >= 11 is 0. The standard InChI is InChI=1S/C11H24N4O/c1-9(8-16-3)15(2)11(14-12)13-10-6-4-5-7-10/h9-10H,4-8,12H2,1-3H3,(H,13,14). The van der Waals surface area contributed by atoms with Crippen LogP contribution in [0.3, 0.4) is 0 Å². The molecule has 3 N–H and O–H groups in total. The van der Waals surface area contributed by atoms with Crippen LogP contribution in [0.5, 0.6) is 0 Å². The number of nitrogens with two attached hydrogens (primary N) is 1. The maximum atomic E-state index is 5.52. The number of hydrogen-bond donors (Lipinski definition) is 2. The Bertz CT molecular complexity index is 226. The summed E-state index contributed by atoms with van der Waals surface area (Å²) in [5.74, 6) is 6.28. The van der Waals surface area contributed by atoms with E-state index in [9.17, 15) is 0 Å². The van der Waals surface area contributed by atoms with E-state index in [1.54, 1.807) is 7.11 Å². The Labute approximate surface area is 98.0 Å². The van der Waals surface area contributed by atoms with Gasteiger partial charge in [0.25, 0.3) is 0 Å². The van der Waals surface area contributed by atoms with Crippen LogP contribution in [0.2, 0.25) is 0 Å². The molecule has 0 spiro atoms. The van der Waals surface area contributed by atoms with Gasteiger partial charge in [-0.1, -0.05) is 12.8 Å². The van der Waals surface area contributed by atoms with Gasteiger partial charge in [0.15, 0.2) is 0 Å². The predicted molar refractivity (Wildman–Crippen MR) is 66.1 cm³/mol. The summed E-state index contributed by atoms with van der Waals surface area (Å²) in [6.07, 6.45) is 4.92. The zero-order valence-electron chi connectivity index (χ0n) is 10.6. The minimum atomic E-state index is 0.265. The SMILES string of the molecule is COCC(C)N(C)C(=NC1CCCC1)NN. The lowest BCUT2D eigenvalue weighted by molar-refractivity contribution is 0.144. The van der Waals surface area contributed by atoms with Crippen LogP contribution >= 0.6 is 0 Å². The van der Waals surface area contributed by atoms with Crippen LogP contribution in [-0.4, -0.2) is 43.7 Å². The van der Waals surface area contributed by atoms with Crippen LogP contribution in [-0.2, 0) is 4.74 Å². The molecule has 0 saturated heterocycles. The topological polar surface area (TPSA) is 62.9 Å². The molecule has 0 aliphatic heterocycles. The fourth-order valence-corrected chi connectivity index (χ4v) is 2.00. The summed E-state index contributed by atoms with van der Waals surface area (Å²) < 4.78 is 5.12. The molecule has 1 atom stereocenters. The maximum Gasteiger partial charge on any atom is 0.208 e. The second kappa shape index (κ2) is 6.70. The Morgan fingerprint density at radius 2 is 2.19 bits per heavy atom. The normalized spacial score (nSPS) is 19.9. The van der Waals surface area contributed by atoms with Crippen molar-refractivity contribution in [3.63, 3.8) is 0 Å². The maximum absolute atomic E-state index is 5.52. The molecule has 1 rings (SSSR count). The average molecular weight is 228 g/mol. The number of rotatable bonds is 4. The van der Waals surface area contributed by atoms with Crippen molar-refractivity contribution in [2.45, 2.75) is 44.7 Å². The Kier molecular flexibility index (Phi) is 5.55. The zero-order valence-corrected chi connectivity index (χ0v) is 10.6. The summed E-state index contributed by atoms with van der Waals surface area (Å²) in [4.78, 5) is 6.68. The first kappa shape index (κ1) is 13.3. The number of likely N-dealkylation sites (N-methyl/N-ethyl adjacent to an activating group) is 1. The van der Waals surface area contributed by atoms with E-state index in [4.69, 9.17) is 10.6 Å². The van der Waals surface area contributed by atoms with Crippen LogP contribution in [0, 0.1) is 0 Å². The summed E-state index contributed by atoms with van der Waals surface area (Å²) in [5, 5.41) is 0. The van der Waals surface area contributed by atoms with Gasteiger partial charge in [-0.25, -0.2) is 10.8 Å². The lowest BCUT2D eigenvalue weighted by Gasteiger charge is -2.27. The number of ether oxygens (including phenoxy) is 1. The molecule has 16 heavy (non-hydrogen) atoms. The molecular formula is C11H24N4O. The van der Waals surface area contributed by atoms with Crippen molar-refractivity contribution in [2.75, 3.05) is 20.8 Å². The fraction of sp³-hybridized carbons (Fsp3) is 0.909. The third-order valence-corrected chi connectivity index (χ3v) is 3.16. The van der Waals surface area contributed by atoms with Crippen LogP contribution in [0.15, 0.2) is 4.99 Å². The summed E-state index contributed by atoms with van der Waals surface area (Å²) in [6, 6.07) is 0.699. The molecular weight excluding hydrogens is 204 g/mol. The third kappa shape index (κ3) is 3.64. The van der Waals surface area contributed by atoms with Crippen molar-refractivity contribution in [2.24, 2.45) is 10.8 Å². The van der Waals surface area contributed by atoms with Crippen molar-refractivity contribution in [1.29, 1.82) is 0 Å². The molecule has 0 heterocycles. The van der Waals surface area contributed by atoms with Crippen molar-refractivity contribution in [3.8, 4) is 0 Å². The molecule has 0 aromatic rings. The lowest BCUT2D eigenvalue weighted by atomic mass is 10.3. The first-order valence-corrected chi connectivity index (χ1v) is 5.95. The molecule has 1 fully saturated rings. The van der Waals surface area contributed by atoms with Gasteiger partial charge in [0.2, 0.25) is 5.96 Å². The highest BCUT2D eigenvalue weighted by Gasteiger charge is 2.18. The van der Waals surface area contributed by atoms with Gasteiger partial charge in [-0.3, -0.25) is 5.43 Å². The van der Waals surface area contributed by atoms with Gasteiger partial charge in [0.05, 0.1) is 18.7 Å². The third-order valence-electron chi connectivity index (χ3n) is 3.16. The first-order chi connectivity index (χ1) is 7.69. The molecule has 94 valence electrons. The molecule has 5 heteroatoms.